The van der Waals surface area contributed by atoms with Gasteiger partial charge >= 0.3 is 0 Å². The topological polar surface area (TPSA) is 58.4 Å². The molecule has 6 heteroatoms. The largest absolute Gasteiger partial charge is 0.339 e. The third kappa shape index (κ3) is 2.51. The van der Waals surface area contributed by atoms with Gasteiger partial charge in [0.05, 0.1) is 18.5 Å². The van der Waals surface area contributed by atoms with Crippen LogP contribution in [0.3, 0.4) is 0 Å². The second-order valence-corrected chi connectivity index (χ2v) is 6.73. The minimum Gasteiger partial charge on any atom is -0.339 e. The number of carbonyl (C=O) groups is 2. The summed E-state index contributed by atoms with van der Waals surface area (Å²) in [5.41, 5.74) is 0. The van der Waals surface area contributed by atoms with Crippen LogP contribution in [0.15, 0.2) is 18.5 Å². The molecule has 3 aliphatic rings. The Hall–Kier alpha value is -1.85. The molecular formula is C16H22N4O2. The lowest BCUT2D eigenvalue weighted by atomic mass is 10.1. The first-order valence-electron chi connectivity index (χ1n) is 8.30. The average Bonchev–Trinajstić information content (AvgIpc) is 2.93. The van der Waals surface area contributed by atoms with Crippen molar-refractivity contribution >= 4 is 11.8 Å². The molecule has 6 nitrogen and oxygen atoms in total. The van der Waals surface area contributed by atoms with E-state index >= 15 is 0 Å². The molecule has 2 amide bonds. The Bertz CT molecular complexity index is 567. The number of carbonyl (C=O) groups excluding carboxylic acids is 2. The van der Waals surface area contributed by atoms with Gasteiger partial charge in [0.1, 0.15) is 0 Å². The van der Waals surface area contributed by atoms with Crippen LogP contribution in [0, 0.1) is 5.92 Å². The number of likely N-dealkylation sites (tertiary alicyclic amines) is 2. The third-order valence-electron chi connectivity index (χ3n) is 5.11. The van der Waals surface area contributed by atoms with Crippen LogP contribution in [-0.4, -0.2) is 56.6 Å². The molecule has 4 rings (SSSR count). The molecule has 0 aromatic carbocycles. The lowest BCUT2D eigenvalue weighted by Crippen LogP contribution is -2.42. The van der Waals surface area contributed by atoms with Gasteiger partial charge in [-0.25, -0.2) is 0 Å². The monoisotopic (exact) mass is 302 g/mol. The molecule has 22 heavy (non-hydrogen) atoms. The zero-order valence-corrected chi connectivity index (χ0v) is 12.7. The summed E-state index contributed by atoms with van der Waals surface area (Å²) < 4.78 is 1.90. The second-order valence-electron chi connectivity index (χ2n) is 6.73. The van der Waals surface area contributed by atoms with E-state index in [1.165, 1.54) is 0 Å². The van der Waals surface area contributed by atoms with Crippen LogP contribution in [0.4, 0.5) is 0 Å². The molecule has 1 aromatic heterocycles. The van der Waals surface area contributed by atoms with E-state index in [-0.39, 0.29) is 23.8 Å². The van der Waals surface area contributed by atoms with Crippen LogP contribution in [0.1, 0.15) is 32.1 Å². The number of rotatable bonds is 4. The van der Waals surface area contributed by atoms with Crippen molar-refractivity contribution in [3.05, 3.63) is 18.5 Å². The molecule has 0 unspecified atom stereocenters. The summed E-state index contributed by atoms with van der Waals surface area (Å²) in [5.74, 6) is 0.209. The van der Waals surface area contributed by atoms with Gasteiger partial charge in [-0.15, -0.1) is 0 Å². The fraction of sp³-hybridized carbons (Fsp3) is 0.688. The molecule has 0 bridgehead atoms. The maximum absolute atomic E-state index is 12.8. The standard InChI is InChI=1S/C16H22N4O2/c21-15-9-12(10-20(15)13-4-5-13)16(22)19-8-1-3-14(19)11-18-7-2-6-17-18/h2,6-7,12-14H,1,3-5,8-11H2/t12-,14-/m1/s1. The van der Waals surface area contributed by atoms with Crippen LogP contribution in [0.2, 0.25) is 0 Å². The van der Waals surface area contributed by atoms with Crippen molar-refractivity contribution in [3.63, 3.8) is 0 Å². The molecule has 0 spiro atoms. The summed E-state index contributed by atoms with van der Waals surface area (Å²) >= 11 is 0. The minimum absolute atomic E-state index is 0.133. The Balaban J connectivity index is 1.42. The molecule has 2 atom stereocenters. The summed E-state index contributed by atoms with van der Waals surface area (Å²) in [6.45, 7) is 2.21. The number of amides is 2. The van der Waals surface area contributed by atoms with E-state index in [1.807, 2.05) is 26.7 Å². The first kappa shape index (κ1) is 13.8. The Morgan fingerprint density at radius 1 is 1.32 bits per heavy atom. The first-order valence-corrected chi connectivity index (χ1v) is 8.30. The zero-order valence-electron chi connectivity index (χ0n) is 12.7. The highest BCUT2D eigenvalue weighted by Crippen LogP contribution is 2.34. The molecule has 2 aliphatic heterocycles. The van der Waals surface area contributed by atoms with Gasteiger partial charge in [-0.05, 0) is 31.7 Å². The van der Waals surface area contributed by atoms with E-state index in [4.69, 9.17) is 0 Å². The first-order chi connectivity index (χ1) is 10.7. The molecular weight excluding hydrogens is 280 g/mol. The zero-order chi connectivity index (χ0) is 15.1. The van der Waals surface area contributed by atoms with E-state index in [9.17, 15) is 9.59 Å². The molecule has 1 aromatic rings. The van der Waals surface area contributed by atoms with Crippen LogP contribution in [-0.2, 0) is 16.1 Å². The van der Waals surface area contributed by atoms with Crippen molar-refractivity contribution < 1.29 is 9.59 Å². The predicted molar refractivity (Wildman–Crippen MR) is 79.8 cm³/mol. The normalized spacial score (nSPS) is 28.6. The smallest absolute Gasteiger partial charge is 0.228 e. The van der Waals surface area contributed by atoms with E-state index in [0.717, 1.165) is 38.8 Å². The summed E-state index contributed by atoms with van der Waals surface area (Å²) in [6, 6.07) is 2.55. The van der Waals surface area contributed by atoms with Gasteiger partial charge in [0.2, 0.25) is 11.8 Å². The fourth-order valence-corrected chi connectivity index (χ4v) is 3.81. The van der Waals surface area contributed by atoms with Crippen LogP contribution >= 0.6 is 0 Å². The minimum atomic E-state index is -0.133. The Kier molecular flexibility index (Phi) is 3.39. The Labute approximate surface area is 130 Å². The maximum Gasteiger partial charge on any atom is 0.228 e. The van der Waals surface area contributed by atoms with E-state index in [1.54, 1.807) is 6.20 Å². The van der Waals surface area contributed by atoms with E-state index in [2.05, 4.69) is 5.10 Å². The molecule has 3 fully saturated rings. The summed E-state index contributed by atoms with van der Waals surface area (Å²) in [7, 11) is 0. The van der Waals surface area contributed by atoms with Gasteiger partial charge in [0.25, 0.3) is 0 Å². The Morgan fingerprint density at radius 3 is 2.91 bits per heavy atom. The highest BCUT2D eigenvalue weighted by Gasteiger charge is 2.44. The number of hydrogen-bond acceptors (Lipinski definition) is 3. The van der Waals surface area contributed by atoms with Crippen LogP contribution < -0.4 is 0 Å². The molecule has 3 heterocycles. The number of nitrogens with zero attached hydrogens (tertiary/aromatic N) is 4. The van der Waals surface area contributed by atoms with E-state index < -0.39 is 0 Å². The van der Waals surface area contributed by atoms with E-state index in [0.29, 0.717) is 19.0 Å². The molecule has 1 saturated carbocycles. The lowest BCUT2D eigenvalue weighted by molar-refractivity contribution is -0.136. The van der Waals surface area contributed by atoms with Gasteiger partial charge in [-0.3, -0.25) is 14.3 Å². The van der Waals surface area contributed by atoms with Crippen molar-refractivity contribution in [2.24, 2.45) is 5.92 Å². The summed E-state index contributed by atoms with van der Waals surface area (Å²) in [4.78, 5) is 28.8. The average molecular weight is 302 g/mol. The molecule has 1 aliphatic carbocycles. The van der Waals surface area contributed by atoms with Crippen molar-refractivity contribution in [1.29, 1.82) is 0 Å². The SMILES string of the molecule is O=C1C[C@@H](C(=O)N2CCC[C@@H]2Cn2cccn2)CN1C1CC1. The number of aromatic nitrogens is 2. The predicted octanol–water partition coefficient (Wildman–Crippen LogP) is 0.885. The maximum atomic E-state index is 12.8. The molecule has 0 N–H and O–H groups in total. The molecule has 0 radical (unpaired) electrons. The van der Waals surface area contributed by atoms with Gasteiger partial charge < -0.3 is 9.80 Å². The Morgan fingerprint density at radius 2 is 2.18 bits per heavy atom. The quantitative estimate of drug-likeness (QED) is 0.830. The van der Waals surface area contributed by atoms with Crippen molar-refractivity contribution in [3.8, 4) is 0 Å². The van der Waals surface area contributed by atoms with Crippen LogP contribution in [0.5, 0.6) is 0 Å². The second kappa shape index (κ2) is 5.41. The van der Waals surface area contributed by atoms with Gasteiger partial charge in [-0.2, -0.15) is 5.10 Å². The van der Waals surface area contributed by atoms with Crippen LogP contribution in [0.25, 0.3) is 0 Å². The van der Waals surface area contributed by atoms with Gasteiger partial charge in [0.15, 0.2) is 0 Å². The lowest BCUT2D eigenvalue weighted by Gasteiger charge is -2.27. The van der Waals surface area contributed by atoms with Crippen molar-refractivity contribution in [2.75, 3.05) is 13.1 Å². The fourth-order valence-electron chi connectivity index (χ4n) is 3.81. The highest BCUT2D eigenvalue weighted by molar-refractivity contribution is 5.89. The van der Waals surface area contributed by atoms with Gasteiger partial charge in [-0.1, -0.05) is 0 Å². The molecule has 118 valence electrons. The summed E-state index contributed by atoms with van der Waals surface area (Å²) in [5, 5.41) is 4.24. The van der Waals surface area contributed by atoms with Gasteiger partial charge in [0, 0.05) is 37.9 Å². The number of hydrogen-bond donors (Lipinski definition) is 0. The molecule has 2 saturated heterocycles. The summed E-state index contributed by atoms with van der Waals surface area (Å²) in [6.07, 6.45) is 8.40. The highest BCUT2D eigenvalue weighted by atomic mass is 16.2. The third-order valence-corrected chi connectivity index (χ3v) is 5.11. The van der Waals surface area contributed by atoms with Crippen molar-refractivity contribution in [1.82, 2.24) is 19.6 Å². The van der Waals surface area contributed by atoms with Crippen molar-refractivity contribution in [2.45, 2.75) is 50.7 Å².